The highest BCUT2D eigenvalue weighted by molar-refractivity contribution is 7.89. The summed E-state index contributed by atoms with van der Waals surface area (Å²) in [5.74, 6) is -2.99. The van der Waals surface area contributed by atoms with Gasteiger partial charge in [0.1, 0.15) is 5.82 Å². The first-order valence-corrected chi connectivity index (χ1v) is 8.07. The van der Waals surface area contributed by atoms with Crippen molar-refractivity contribution < 1.29 is 35.9 Å². The van der Waals surface area contributed by atoms with Crippen molar-refractivity contribution in [2.75, 3.05) is 13.1 Å². The van der Waals surface area contributed by atoms with Crippen LogP contribution in [-0.4, -0.2) is 36.9 Å². The van der Waals surface area contributed by atoms with Gasteiger partial charge in [0, 0.05) is 13.1 Å². The van der Waals surface area contributed by atoms with Crippen LogP contribution in [0.4, 0.5) is 17.6 Å². The van der Waals surface area contributed by atoms with Gasteiger partial charge in [-0.3, -0.25) is 4.79 Å². The Kier molecular flexibility index (Phi) is 4.67. The number of piperidine rings is 1. The van der Waals surface area contributed by atoms with E-state index in [9.17, 15) is 30.8 Å². The van der Waals surface area contributed by atoms with E-state index >= 15 is 0 Å². The second-order valence-electron chi connectivity index (χ2n) is 5.15. The lowest BCUT2D eigenvalue weighted by molar-refractivity contribution is -0.143. The highest BCUT2D eigenvalue weighted by Crippen LogP contribution is 2.36. The molecule has 0 aliphatic carbocycles. The minimum Gasteiger partial charge on any atom is -0.481 e. The van der Waals surface area contributed by atoms with Crippen molar-refractivity contribution in [3.63, 3.8) is 0 Å². The molecule has 1 saturated heterocycles. The van der Waals surface area contributed by atoms with Crippen molar-refractivity contribution in [2.24, 2.45) is 5.92 Å². The number of nitrogens with zero attached hydrogens (tertiary/aromatic N) is 1. The summed E-state index contributed by atoms with van der Waals surface area (Å²) in [7, 11) is -4.49. The summed E-state index contributed by atoms with van der Waals surface area (Å²) in [5.41, 5.74) is -1.57. The lowest BCUT2D eigenvalue weighted by atomic mass is 9.99. The minimum absolute atomic E-state index is 0.0110. The number of hydrogen-bond acceptors (Lipinski definition) is 3. The minimum atomic E-state index is -5.02. The monoisotopic (exact) mass is 355 g/mol. The summed E-state index contributed by atoms with van der Waals surface area (Å²) >= 11 is 0. The van der Waals surface area contributed by atoms with Crippen molar-refractivity contribution >= 4 is 16.0 Å². The maximum atomic E-state index is 13.1. The van der Waals surface area contributed by atoms with Crippen molar-refractivity contribution in [1.29, 1.82) is 0 Å². The first kappa shape index (κ1) is 17.7. The number of benzene rings is 1. The predicted octanol–water partition coefficient (Wildman–Crippen LogP) is 2.33. The van der Waals surface area contributed by atoms with Gasteiger partial charge in [0.15, 0.2) is 0 Å². The van der Waals surface area contributed by atoms with Gasteiger partial charge in [0.05, 0.1) is 16.4 Å². The SMILES string of the molecule is O=C(O)C1CCN(S(=O)(=O)c2ccc(F)cc2C(F)(F)F)CC1. The predicted molar refractivity (Wildman–Crippen MR) is 70.5 cm³/mol. The second kappa shape index (κ2) is 6.08. The zero-order chi connectivity index (χ0) is 17.4. The molecule has 2 rings (SSSR count). The van der Waals surface area contributed by atoms with Crippen LogP contribution in [-0.2, 0) is 21.0 Å². The van der Waals surface area contributed by atoms with Crippen LogP contribution in [0, 0.1) is 11.7 Å². The Morgan fingerprint density at radius 3 is 2.26 bits per heavy atom. The van der Waals surface area contributed by atoms with Crippen LogP contribution in [0.15, 0.2) is 23.1 Å². The third-order valence-corrected chi connectivity index (χ3v) is 5.62. The van der Waals surface area contributed by atoms with Crippen molar-refractivity contribution in [3.8, 4) is 0 Å². The topological polar surface area (TPSA) is 74.7 Å². The summed E-state index contributed by atoms with van der Waals surface area (Å²) in [6, 6.07) is 1.36. The van der Waals surface area contributed by atoms with Gasteiger partial charge in [0.2, 0.25) is 10.0 Å². The molecule has 1 aliphatic heterocycles. The fourth-order valence-corrected chi connectivity index (χ4v) is 4.09. The maximum absolute atomic E-state index is 13.1. The summed E-state index contributed by atoms with van der Waals surface area (Å²) in [6.07, 6.45) is -5.00. The van der Waals surface area contributed by atoms with Crippen LogP contribution in [0.2, 0.25) is 0 Å². The van der Waals surface area contributed by atoms with Crippen LogP contribution in [0.5, 0.6) is 0 Å². The molecule has 1 aromatic carbocycles. The van der Waals surface area contributed by atoms with Gasteiger partial charge in [-0.25, -0.2) is 12.8 Å². The summed E-state index contributed by atoms with van der Waals surface area (Å²) in [4.78, 5) is 9.82. The number of sulfonamides is 1. The van der Waals surface area contributed by atoms with Crippen LogP contribution in [0.3, 0.4) is 0 Å². The number of carboxylic acids is 1. The Labute approximate surface area is 129 Å². The molecule has 0 atom stereocenters. The summed E-state index contributed by atoms with van der Waals surface area (Å²) in [6.45, 7) is -0.401. The molecule has 1 N–H and O–H groups in total. The largest absolute Gasteiger partial charge is 0.481 e. The Balaban J connectivity index is 2.36. The van der Waals surface area contributed by atoms with E-state index < -0.39 is 44.4 Å². The van der Waals surface area contributed by atoms with Crippen LogP contribution in [0.1, 0.15) is 18.4 Å². The molecule has 0 spiro atoms. The molecule has 5 nitrogen and oxygen atoms in total. The molecule has 0 amide bonds. The molecule has 1 fully saturated rings. The molecular weight excluding hydrogens is 342 g/mol. The molecule has 23 heavy (non-hydrogen) atoms. The average molecular weight is 355 g/mol. The zero-order valence-corrected chi connectivity index (χ0v) is 12.5. The zero-order valence-electron chi connectivity index (χ0n) is 11.7. The normalized spacial score (nSPS) is 18.1. The number of alkyl halides is 3. The standard InChI is InChI=1S/C13H13F4NO4S/c14-9-1-2-11(10(7-9)13(15,16)17)23(21,22)18-5-3-8(4-6-18)12(19)20/h1-2,7-8H,3-6H2,(H,19,20). The van der Waals surface area contributed by atoms with E-state index in [-0.39, 0.29) is 32.0 Å². The highest BCUT2D eigenvalue weighted by atomic mass is 32.2. The van der Waals surface area contributed by atoms with E-state index in [0.717, 1.165) is 4.31 Å². The highest BCUT2D eigenvalue weighted by Gasteiger charge is 2.40. The van der Waals surface area contributed by atoms with Crippen LogP contribution in [0.25, 0.3) is 0 Å². The molecule has 1 aromatic rings. The van der Waals surface area contributed by atoms with E-state index in [1.54, 1.807) is 0 Å². The molecule has 0 bridgehead atoms. The Morgan fingerprint density at radius 2 is 1.78 bits per heavy atom. The van der Waals surface area contributed by atoms with E-state index in [1.807, 2.05) is 0 Å². The fraction of sp³-hybridized carbons (Fsp3) is 0.462. The lowest BCUT2D eigenvalue weighted by Crippen LogP contribution is -2.40. The molecule has 1 aliphatic rings. The van der Waals surface area contributed by atoms with Crippen molar-refractivity contribution in [3.05, 3.63) is 29.6 Å². The van der Waals surface area contributed by atoms with E-state index in [0.29, 0.717) is 12.1 Å². The fourth-order valence-electron chi connectivity index (χ4n) is 2.43. The molecule has 0 unspecified atom stereocenters. The molecule has 10 heteroatoms. The van der Waals surface area contributed by atoms with Gasteiger partial charge in [-0.1, -0.05) is 0 Å². The molecule has 128 valence electrons. The third kappa shape index (κ3) is 3.63. The second-order valence-corrected chi connectivity index (χ2v) is 7.06. The molecular formula is C13H13F4NO4S. The van der Waals surface area contributed by atoms with Gasteiger partial charge in [-0.2, -0.15) is 17.5 Å². The molecule has 0 aromatic heterocycles. The number of aliphatic carboxylic acids is 1. The van der Waals surface area contributed by atoms with E-state index in [2.05, 4.69) is 0 Å². The number of rotatable bonds is 3. The van der Waals surface area contributed by atoms with Crippen molar-refractivity contribution in [2.45, 2.75) is 23.9 Å². The smallest absolute Gasteiger partial charge is 0.417 e. The van der Waals surface area contributed by atoms with E-state index in [1.165, 1.54) is 0 Å². The molecule has 0 saturated carbocycles. The van der Waals surface area contributed by atoms with E-state index in [4.69, 9.17) is 5.11 Å². The van der Waals surface area contributed by atoms with Crippen LogP contribution < -0.4 is 0 Å². The quantitative estimate of drug-likeness (QED) is 0.845. The van der Waals surface area contributed by atoms with Gasteiger partial charge >= 0.3 is 12.1 Å². The molecule has 0 radical (unpaired) electrons. The third-order valence-electron chi connectivity index (χ3n) is 3.67. The maximum Gasteiger partial charge on any atom is 0.417 e. The Morgan fingerprint density at radius 1 is 1.22 bits per heavy atom. The number of carboxylic acid groups (broad SMARTS) is 1. The first-order chi connectivity index (χ1) is 10.5. The summed E-state index contributed by atoms with van der Waals surface area (Å²) in [5, 5.41) is 8.87. The summed E-state index contributed by atoms with van der Waals surface area (Å²) < 4.78 is 77.6. The van der Waals surface area contributed by atoms with Gasteiger partial charge in [-0.05, 0) is 31.0 Å². The molecule has 1 heterocycles. The lowest BCUT2D eigenvalue weighted by Gasteiger charge is -2.30. The van der Waals surface area contributed by atoms with Crippen molar-refractivity contribution in [1.82, 2.24) is 4.31 Å². The van der Waals surface area contributed by atoms with Crippen LogP contribution >= 0.6 is 0 Å². The first-order valence-electron chi connectivity index (χ1n) is 6.63. The number of halogens is 4. The number of carbonyl (C=O) groups is 1. The van der Waals surface area contributed by atoms with Gasteiger partial charge in [-0.15, -0.1) is 0 Å². The van der Waals surface area contributed by atoms with Gasteiger partial charge < -0.3 is 5.11 Å². The van der Waals surface area contributed by atoms with Gasteiger partial charge in [0.25, 0.3) is 0 Å². The average Bonchev–Trinajstić information content (AvgIpc) is 2.46. The Hall–Kier alpha value is -1.68. The Bertz CT molecular complexity index is 709. The number of hydrogen-bond donors (Lipinski definition) is 1.